The van der Waals surface area contributed by atoms with E-state index in [1.807, 2.05) is 24.3 Å². The Morgan fingerprint density at radius 1 is 1.06 bits per heavy atom. The Bertz CT molecular complexity index is 540. The van der Waals surface area contributed by atoms with E-state index in [0.29, 0.717) is 6.61 Å². The van der Waals surface area contributed by atoms with Crippen molar-refractivity contribution in [2.75, 3.05) is 7.11 Å². The van der Waals surface area contributed by atoms with Gasteiger partial charge >= 0.3 is 0 Å². The van der Waals surface area contributed by atoms with Gasteiger partial charge < -0.3 is 4.74 Å². The summed E-state index contributed by atoms with van der Waals surface area (Å²) in [5, 5.41) is 0. The molecular weight excluding hydrogens is 228 g/mol. The number of hydrogen-bond donors (Lipinski definition) is 0. The van der Waals surface area contributed by atoms with Crippen molar-refractivity contribution in [3.05, 3.63) is 57.3 Å². The van der Waals surface area contributed by atoms with Crippen LogP contribution in [0.1, 0.15) is 20.9 Å². The fourth-order valence-corrected chi connectivity index (χ4v) is 2.21. The van der Waals surface area contributed by atoms with Crippen molar-refractivity contribution < 1.29 is 4.74 Å². The van der Waals surface area contributed by atoms with E-state index in [4.69, 9.17) is 4.74 Å². The van der Waals surface area contributed by atoms with Crippen LogP contribution in [0, 0.1) is 18.8 Å². The normalized spacial score (nSPS) is 9.76. The van der Waals surface area contributed by atoms with Crippen molar-refractivity contribution in [2.45, 2.75) is 13.5 Å². The quantitative estimate of drug-likeness (QED) is 0.731. The van der Waals surface area contributed by atoms with Gasteiger partial charge in [0.05, 0.1) is 11.5 Å². The Labute approximate surface area is 106 Å². The third kappa shape index (κ3) is 3.45. The first-order valence-corrected chi connectivity index (χ1v) is 6.26. The maximum atomic E-state index is 5.07. The molecule has 0 saturated carbocycles. The molecule has 2 heteroatoms. The fraction of sp³-hybridized carbons (Fsp3) is 0.200. The molecule has 0 amide bonds. The van der Waals surface area contributed by atoms with Gasteiger partial charge in [0.1, 0.15) is 0 Å². The van der Waals surface area contributed by atoms with Gasteiger partial charge in [-0.1, -0.05) is 24.0 Å². The molecule has 1 aromatic carbocycles. The van der Waals surface area contributed by atoms with Crippen molar-refractivity contribution >= 4 is 11.3 Å². The number of benzene rings is 1. The predicted molar refractivity (Wildman–Crippen MR) is 72.2 cm³/mol. The first kappa shape index (κ1) is 11.9. The summed E-state index contributed by atoms with van der Waals surface area (Å²) < 4.78 is 5.07. The SMILES string of the molecule is COCc1ccc(C#Cc2ccc(C)s2)cc1. The summed E-state index contributed by atoms with van der Waals surface area (Å²) >= 11 is 1.72. The van der Waals surface area contributed by atoms with E-state index in [9.17, 15) is 0 Å². The molecule has 2 aromatic rings. The highest BCUT2D eigenvalue weighted by atomic mass is 32.1. The van der Waals surface area contributed by atoms with Crippen LogP contribution in [-0.4, -0.2) is 7.11 Å². The standard InChI is InChI=1S/C15H14OS/c1-12-3-9-15(17-12)10-8-13-4-6-14(7-5-13)11-16-2/h3-7,9H,11H2,1-2H3. The van der Waals surface area contributed by atoms with Gasteiger partial charge in [0.2, 0.25) is 0 Å². The van der Waals surface area contributed by atoms with Crippen LogP contribution in [0.25, 0.3) is 0 Å². The minimum absolute atomic E-state index is 0.651. The summed E-state index contributed by atoms with van der Waals surface area (Å²) in [6.45, 7) is 2.74. The number of ether oxygens (including phenoxy) is 1. The molecule has 0 aliphatic heterocycles. The molecule has 0 unspecified atom stereocenters. The molecule has 0 fully saturated rings. The Kier molecular flexibility index (Phi) is 3.98. The monoisotopic (exact) mass is 242 g/mol. The topological polar surface area (TPSA) is 9.23 Å². The Morgan fingerprint density at radius 2 is 1.82 bits per heavy atom. The molecule has 1 nitrogen and oxygen atoms in total. The molecule has 0 atom stereocenters. The summed E-state index contributed by atoms with van der Waals surface area (Å²) in [4.78, 5) is 2.41. The van der Waals surface area contributed by atoms with Crippen LogP contribution in [0.4, 0.5) is 0 Å². The van der Waals surface area contributed by atoms with Gasteiger partial charge in [0.15, 0.2) is 0 Å². The van der Waals surface area contributed by atoms with Crippen LogP contribution in [0.5, 0.6) is 0 Å². The summed E-state index contributed by atoms with van der Waals surface area (Å²) in [5.74, 6) is 6.33. The van der Waals surface area contributed by atoms with Gasteiger partial charge in [-0.15, -0.1) is 11.3 Å². The minimum Gasteiger partial charge on any atom is -0.380 e. The average molecular weight is 242 g/mol. The molecule has 2 rings (SSSR count). The third-order valence-electron chi connectivity index (χ3n) is 2.34. The van der Waals surface area contributed by atoms with Crippen LogP contribution >= 0.6 is 11.3 Å². The molecule has 17 heavy (non-hydrogen) atoms. The van der Waals surface area contributed by atoms with Gasteiger partial charge in [-0.25, -0.2) is 0 Å². The number of rotatable bonds is 2. The van der Waals surface area contributed by atoms with E-state index < -0.39 is 0 Å². The van der Waals surface area contributed by atoms with E-state index in [1.54, 1.807) is 18.4 Å². The fourth-order valence-electron chi connectivity index (χ4n) is 1.49. The zero-order valence-electron chi connectivity index (χ0n) is 9.99. The Balaban J connectivity index is 2.11. The van der Waals surface area contributed by atoms with Gasteiger partial charge in [0, 0.05) is 17.6 Å². The number of thiophene rings is 1. The molecule has 0 aliphatic rings. The highest BCUT2D eigenvalue weighted by Crippen LogP contribution is 2.13. The smallest absolute Gasteiger partial charge is 0.0775 e. The molecule has 1 heterocycles. The van der Waals surface area contributed by atoms with Crippen molar-refractivity contribution in [1.82, 2.24) is 0 Å². The second kappa shape index (κ2) is 5.67. The number of methoxy groups -OCH3 is 1. The molecule has 86 valence electrons. The summed E-state index contributed by atoms with van der Waals surface area (Å²) in [5.41, 5.74) is 2.21. The lowest BCUT2D eigenvalue weighted by molar-refractivity contribution is 0.185. The van der Waals surface area contributed by atoms with E-state index >= 15 is 0 Å². The molecule has 0 spiro atoms. The highest BCUT2D eigenvalue weighted by molar-refractivity contribution is 7.12. The minimum atomic E-state index is 0.651. The largest absolute Gasteiger partial charge is 0.380 e. The second-order valence-corrected chi connectivity index (χ2v) is 5.08. The van der Waals surface area contributed by atoms with E-state index in [-0.39, 0.29) is 0 Å². The molecule has 1 aromatic heterocycles. The Hall–Kier alpha value is -1.56. The van der Waals surface area contributed by atoms with E-state index in [1.165, 1.54) is 10.4 Å². The highest BCUT2D eigenvalue weighted by Gasteiger charge is 1.93. The number of aryl methyl sites for hydroxylation is 1. The molecule has 0 bridgehead atoms. The van der Waals surface area contributed by atoms with Crippen molar-refractivity contribution in [2.24, 2.45) is 0 Å². The molecular formula is C15H14OS. The molecule has 0 aliphatic carbocycles. The van der Waals surface area contributed by atoms with Crippen LogP contribution in [0.3, 0.4) is 0 Å². The van der Waals surface area contributed by atoms with Crippen molar-refractivity contribution in [3.63, 3.8) is 0 Å². The van der Waals surface area contributed by atoms with Crippen LogP contribution in [-0.2, 0) is 11.3 Å². The summed E-state index contributed by atoms with van der Waals surface area (Å²) in [7, 11) is 1.70. The lowest BCUT2D eigenvalue weighted by Crippen LogP contribution is -1.86. The molecule has 0 radical (unpaired) electrons. The van der Waals surface area contributed by atoms with Crippen LogP contribution in [0.15, 0.2) is 36.4 Å². The van der Waals surface area contributed by atoms with Gasteiger partial charge in [-0.05, 0) is 36.8 Å². The third-order valence-corrected chi connectivity index (χ3v) is 3.25. The zero-order chi connectivity index (χ0) is 12.1. The maximum absolute atomic E-state index is 5.07. The van der Waals surface area contributed by atoms with Gasteiger partial charge in [-0.2, -0.15) is 0 Å². The predicted octanol–water partition coefficient (Wildman–Crippen LogP) is 3.60. The number of hydrogen-bond acceptors (Lipinski definition) is 2. The van der Waals surface area contributed by atoms with Gasteiger partial charge in [0.25, 0.3) is 0 Å². The van der Waals surface area contributed by atoms with E-state index in [2.05, 4.69) is 30.9 Å². The molecule has 0 saturated heterocycles. The maximum Gasteiger partial charge on any atom is 0.0775 e. The summed E-state index contributed by atoms with van der Waals surface area (Å²) in [6.07, 6.45) is 0. The van der Waals surface area contributed by atoms with Crippen molar-refractivity contribution in [1.29, 1.82) is 0 Å². The molecule has 0 N–H and O–H groups in total. The first-order valence-electron chi connectivity index (χ1n) is 5.44. The average Bonchev–Trinajstić information content (AvgIpc) is 2.75. The van der Waals surface area contributed by atoms with Crippen LogP contribution in [0.2, 0.25) is 0 Å². The van der Waals surface area contributed by atoms with Crippen LogP contribution < -0.4 is 0 Å². The van der Waals surface area contributed by atoms with E-state index in [0.717, 1.165) is 10.4 Å². The zero-order valence-corrected chi connectivity index (χ0v) is 10.8. The van der Waals surface area contributed by atoms with Crippen molar-refractivity contribution in [3.8, 4) is 11.8 Å². The lowest BCUT2D eigenvalue weighted by Gasteiger charge is -1.98. The Morgan fingerprint density at radius 3 is 2.41 bits per heavy atom. The first-order chi connectivity index (χ1) is 8.28. The second-order valence-electron chi connectivity index (χ2n) is 3.79. The lowest BCUT2D eigenvalue weighted by atomic mass is 10.1. The summed E-state index contributed by atoms with van der Waals surface area (Å²) in [6, 6.07) is 12.3. The van der Waals surface area contributed by atoms with Gasteiger partial charge in [-0.3, -0.25) is 0 Å².